The van der Waals surface area contributed by atoms with Crippen molar-refractivity contribution >= 4 is 11.5 Å². The zero-order valence-electron chi connectivity index (χ0n) is 17.9. The van der Waals surface area contributed by atoms with Crippen LogP contribution in [-0.4, -0.2) is 69.2 Å². The summed E-state index contributed by atoms with van der Waals surface area (Å²) in [7, 11) is 2.19. The molecule has 0 saturated carbocycles. The summed E-state index contributed by atoms with van der Waals surface area (Å²) in [5, 5.41) is 4.50. The number of benzene rings is 1. The number of nitrogens with two attached hydrogens (primary N) is 1. The Morgan fingerprint density at radius 2 is 1.80 bits per heavy atom. The van der Waals surface area contributed by atoms with Crippen molar-refractivity contribution in [3.63, 3.8) is 0 Å². The summed E-state index contributed by atoms with van der Waals surface area (Å²) in [5.41, 5.74) is 10.2. The van der Waals surface area contributed by atoms with E-state index >= 15 is 0 Å². The highest BCUT2D eigenvalue weighted by Gasteiger charge is 2.15. The molecule has 3 heterocycles. The number of unbranched alkanes of at least 4 members (excludes halogenated alkanes) is 1. The van der Waals surface area contributed by atoms with Gasteiger partial charge in [0.05, 0.1) is 18.5 Å². The van der Waals surface area contributed by atoms with Crippen LogP contribution in [-0.2, 0) is 13.0 Å². The van der Waals surface area contributed by atoms with Gasteiger partial charge in [-0.15, -0.1) is 5.10 Å². The predicted octanol–water partition coefficient (Wildman–Crippen LogP) is 2.22. The molecule has 1 saturated heterocycles. The zero-order chi connectivity index (χ0) is 20.9. The van der Waals surface area contributed by atoms with Gasteiger partial charge >= 0.3 is 6.01 Å². The van der Waals surface area contributed by atoms with Crippen molar-refractivity contribution in [2.24, 2.45) is 0 Å². The fraction of sp³-hybridized carbons (Fsp3) is 0.500. The maximum Gasteiger partial charge on any atom is 0.336 e. The van der Waals surface area contributed by atoms with Crippen molar-refractivity contribution in [1.29, 1.82) is 0 Å². The van der Waals surface area contributed by atoms with Crippen LogP contribution in [0.25, 0.3) is 5.65 Å². The lowest BCUT2D eigenvalue weighted by Gasteiger charge is -2.32. The summed E-state index contributed by atoms with van der Waals surface area (Å²) >= 11 is 0. The van der Waals surface area contributed by atoms with Gasteiger partial charge < -0.3 is 15.4 Å². The molecule has 0 amide bonds. The predicted molar refractivity (Wildman–Crippen MR) is 118 cm³/mol. The average molecular weight is 410 g/mol. The number of piperazine rings is 1. The van der Waals surface area contributed by atoms with Crippen molar-refractivity contribution in [3.05, 3.63) is 47.3 Å². The van der Waals surface area contributed by atoms with Gasteiger partial charge in [0.2, 0.25) is 0 Å². The minimum absolute atomic E-state index is 0.301. The van der Waals surface area contributed by atoms with Crippen LogP contribution in [0.4, 0.5) is 5.82 Å². The molecule has 1 fully saturated rings. The van der Waals surface area contributed by atoms with Gasteiger partial charge in [-0.25, -0.2) is 9.50 Å². The lowest BCUT2D eigenvalue weighted by molar-refractivity contribution is 0.148. The van der Waals surface area contributed by atoms with E-state index in [-0.39, 0.29) is 0 Å². The zero-order valence-corrected chi connectivity index (χ0v) is 17.9. The summed E-state index contributed by atoms with van der Waals surface area (Å²) in [4.78, 5) is 13.5. The number of nitrogen functional groups attached to an aromatic ring is 1. The van der Waals surface area contributed by atoms with Crippen LogP contribution in [0.15, 0.2) is 30.5 Å². The van der Waals surface area contributed by atoms with Gasteiger partial charge in [0.1, 0.15) is 0 Å². The van der Waals surface area contributed by atoms with Gasteiger partial charge in [-0.1, -0.05) is 37.6 Å². The second kappa shape index (κ2) is 9.40. The number of ether oxygens (including phenoxy) is 1. The van der Waals surface area contributed by atoms with Gasteiger partial charge in [-0.2, -0.15) is 4.98 Å². The molecule has 1 aliphatic rings. The fourth-order valence-electron chi connectivity index (χ4n) is 3.65. The average Bonchev–Trinajstić information content (AvgIpc) is 3.15. The Kier molecular flexibility index (Phi) is 6.44. The number of fused-ring (bicyclic) bond motifs is 1. The number of imidazole rings is 1. The Labute approximate surface area is 177 Å². The van der Waals surface area contributed by atoms with E-state index in [1.807, 2.05) is 6.20 Å². The van der Waals surface area contributed by atoms with Crippen LogP contribution in [0.2, 0.25) is 0 Å². The van der Waals surface area contributed by atoms with Crippen molar-refractivity contribution in [2.45, 2.75) is 32.7 Å². The van der Waals surface area contributed by atoms with Gasteiger partial charge in [-0.05, 0) is 24.6 Å². The first-order valence-corrected chi connectivity index (χ1v) is 10.7. The first-order chi connectivity index (χ1) is 14.6. The molecule has 30 heavy (non-hydrogen) atoms. The summed E-state index contributed by atoms with van der Waals surface area (Å²) < 4.78 is 7.40. The first-order valence-electron chi connectivity index (χ1n) is 10.7. The molecule has 0 aliphatic carbocycles. The Bertz CT molecular complexity index is 962. The van der Waals surface area contributed by atoms with Crippen LogP contribution in [0.3, 0.4) is 0 Å². The Morgan fingerprint density at radius 1 is 1.07 bits per heavy atom. The maximum atomic E-state index is 6.06. The van der Waals surface area contributed by atoms with Crippen molar-refractivity contribution in [2.75, 3.05) is 45.6 Å². The van der Waals surface area contributed by atoms with Crippen molar-refractivity contribution in [3.8, 4) is 6.01 Å². The summed E-state index contributed by atoms with van der Waals surface area (Å²) in [5.74, 6) is 0.338. The third-order valence-corrected chi connectivity index (χ3v) is 5.58. The van der Waals surface area contributed by atoms with E-state index in [2.05, 4.69) is 63.1 Å². The largest absolute Gasteiger partial charge is 0.462 e. The first kappa shape index (κ1) is 20.6. The second-order valence-corrected chi connectivity index (χ2v) is 8.04. The number of anilines is 1. The van der Waals surface area contributed by atoms with E-state index in [9.17, 15) is 0 Å². The Balaban J connectivity index is 1.44. The molecular weight excluding hydrogens is 378 g/mol. The minimum Gasteiger partial charge on any atom is -0.462 e. The van der Waals surface area contributed by atoms with Gasteiger partial charge in [-0.3, -0.25) is 4.90 Å². The van der Waals surface area contributed by atoms with Crippen LogP contribution < -0.4 is 10.5 Å². The molecule has 0 atom stereocenters. The third-order valence-electron chi connectivity index (χ3n) is 5.58. The number of likely N-dealkylation sites (N-methyl/N-ethyl adjacent to an activating group) is 1. The molecule has 2 aromatic heterocycles. The monoisotopic (exact) mass is 409 g/mol. The molecule has 0 unspecified atom stereocenters. The number of hydrogen-bond acceptors (Lipinski definition) is 7. The summed E-state index contributed by atoms with van der Waals surface area (Å²) in [6.07, 6.45) is 4.55. The minimum atomic E-state index is 0.301. The SMILES string of the molecule is CCCCOc1nc(N)c2ncc(Cc3ccc(CN4CCN(C)CC4)cc3)n2n1. The van der Waals surface area contributed by atoms with E-state index in [1.54, 1.807) is 4.52 Å². The van der Waals surface area contributed by atoms with Crippen LogP contribution in [0.1, 0.15) is 36.6 Å². The number of rotatable bonds is 8. The molecule has 1 aromatic carbocycles. The lowest BCUT2D eigenvalue weighted by Crippen LogP contribution is -2.43. The molecule has 8 heteroatoms. The van der Waals surface area contributed by atoms with Crippen LogP contribution in [0, 0.1) is 0 Å². The molecule has 2 N–H and O–H groups in total. The van der Waals surface area contributed by atoms with Gasteiger partial charge in [0.25, 0.3) is 0 Å². The summed E-state index contributed by atoms with van der Waals surface area (Å²) in [6, 6.07) is 9.12. The van der Waals surface area contributed by atoms with Crippen LogP contribution in [0.5, 0.6) is 6.01 Å². The highest BCUT2D eigenvalue weighted by atomic mass is 16.5. The normalized spacial score (nSPS) is 15.7. The van der Waals surface area contributed by atoms with Gasteiger partial charge in [0, 0.05) is 39.1 Å². The molecule has 8 nitrogen and oxygen atoms in total. The second-order valence-electron chi connectivity index (χ2n) is 8.04. The molecule has 0 radical (unpaired) electrons. The Morgan fingerprint density at radius 3 is 2.53 bits per heavy atom. The molecule has 160 valence electrons. The summed E-state index contributed by atoms with van der Waals surface area (Å²) in [6.45, 7) is 8.25. The van der Waals surface area contributed by atoms with E-state index < -0.39 is 0 Å². The van der Waals surface area contributed by atoms with Gasteiger partial charge in [0.15, 0.2) is 11.5 Å². The molecule has 0 spiro atoms. The highest BCUT2D eigenvalue weighted by molar-refractivity contribution is 5.59. The maximum absolute atomic E-state index is 6.06. The molecule has 3 aromatic rings. The number of aromatic nitrogens is 4. The molecule has 4 rings (SSSR count). The van der Waals surface area contributed by atoms with Crippen molar-refractivity contribution in [1.82, 2.24) is 29.4 Å². The third kappa shape index (κ3) is 4.88. The quantitative estimate of drug-likeness (QED) is 0.571. The van der Waals surface area contributed by atoms with Crippen molar-refractivity contribution < 1.29 is 4.74 Å². The highest BCUT2D eigenvalue weighted by Crippen LogP contribution is 2.18. The Hall–Kier alpha value is -2.71. The van der Waals surface area contributed by atoms with Crippen LogP contribution >= 0.6 is 0 Å². The molecule has 1 aliphatic heterocycles. The van der Waals surface area contributed by atoms with E-state index in [0.717, 1.165) is 57.7 Å². The fourth-order valence-corrected chi connectivity index (χ4v) is 3.65. The smallest absolute Gasteiger partial charge is 0.336 e. The molecular formula is C22H31N7O. The lowest BCUT2D eigenvalue weighted by atomic mass is 10.1. The standard InChI is InChI=1S/C22H31N7O/c1-3-4-13-30-22-25-20(23)21-24-15-19(29(21)26-22)14-17-5-7-18(8-6-17)16-28-11-9-27(2)10-12-28/h5-8,15H,3-4,9-14,16H2,1-2H3,(H2,23,25,26). The van der Waals surface area contributed by atoms with E-state index in [0.29, 0.717) is 24.1 Å². The van der Waals surface area contributed by atoms with E-state index in [1.165, 1.54) is 11.1 Å². The number of nitrogens with zero attached hydrogens (tertiary/aromatic N) is 6. The van der Waals surface area contributed by atoms with E-state index in [4.69, 9.17) is 10.5 Å². The number of hydrogen-bond donors (Lipinski definition) is 1. The molecule has 0 bridgehead atoms. The topological polar surface area (TPSA) is 84.8 Å².